The molecule has 96 valence electrons. The standard InChI is InChI=1S/C12H21N3O2/c1-8(2)7-10-14-12(17-15-10)11(13)9-3-5-16-6-4-9/h8-9,11H,3-7,13H2,1-2H3. The maximum Gasteiger partial charge on any atom is 0.243 e. The molecule has 1 aromatic rings. The lowest BCUT2D eigenvalue weighted by atomic mass is 9.92. The summed E-state index contributed by atoms with van der Waals surface area (Å²) in [5.74, 6) is 2.26. The zero-order valence-electron chi connectivity index (χ0n) is 10.6. The zero-order valence-corrected chi connectivity index (χ0v) is 10.6. The molecule has 1 atom stereocenters. The summed E-state index contributed by atoms with van der Waals surface area (Å²) in [5, 5.41) is 3.97. The Balaban J connectivity index is 1.98. The molecule has 0 spiro atoms. The van der Waals surface area contributed by atoms with Crippen molar-refractivity contribution in [3.63, 3.8) is 0 Å². The fourth-order valence-corrected chi connectivity index (χ4v) is 2.13. The molecule has 2 N–H and O–H groups in total. The van der Waals surface area contributed by atoms with Gasteiger partial charge in [-0.3, -0.25) is 0 Å². The third-order valence-corrected chi connectivity index (χ3v) is 3.13. The fourth-order valence-electron chi connectivity index (χ4n) is 2.13. The number of rotatable bonds is 4. The summed E-state index contributed by atoms with van der Waals surface area (Å²) in [7, 11) is 0. The van der Waals surface area contributed by atoms with Gasteiger partial charge in [0, 0.05) is 19.6 Å². The van der Waals surface area contributed by atoms with Crippen LogP contribution in [0, 0.1) is 11.8 Å². The van der Waals surface area contributed by atoms with Crippen molar-refractivity contribution in [2.24, 2.45) is 17.6 Å². The second-order valence-corrected chi connectivity index (χ2v) is 5.12. The van der Waals surface area contributed by atoms with Crippen LogP contribution in [-0.4, -0.2) is 23.4 Å². The first-order chi connectivity index (χ1) is 8.16. The number of nitrogens with two attached hydrogens (primary N) is 1. The van der Waals surface area contributed by atoms with Crippen molar-refractivity contribution in [3.8, 4) is 0 Å². The van der Waals surface area contributed by atoms with Crippen LogP contribution >= 0.6 is 0 Å². The van der Waals surface area contributed by atoms with Crippen molar-refractivity contribution in [1.82, 2.24) is 10.1 Å². The molecule has 1 fully saturated rings. The summed E-state index contributed by atoms with van der Waals surface area (Å²) in [6.07, 6.45) is 2.79. The van der Waals surface area contributed by atoms with E-state index in [2.05, 4.69) is 24.0 Å². The number of aromatic nitrogens is 2. The van der Waals surface area contributed by atoms with E-state index < -0.39 is 0 Å². The van der Waals surface area contributed by atoms with E-state index in [1.165, 1.54) is 0 Å². The molecule has 5 nitrogen and oxygen atoms in total. The summed E-state index contributed by atoms with van der Waals surface area (Å²) in [5.41, 5.74) is 6.16. The highest BCUT2D eigenvalue weighted by Gasteiger charge is 2.26. The number of hydrogen-bond acceptors (Lipinski definition) is 5. The second kappa shape index (κ2) is 5.60. The van der Waals surface area contributed by atoms with Crippen LogP contribution in [0.25, 0.3) is 0 Å². The van der Waals surface area contributed by atoms with Gasteiger partial charge in [0.25, 0.3) is 0 Å². The summed E-state index contributed by atoms with van der Waals surface area (Å²) in [4.78, 5) is 4.38. The smallest absolute Gasteiger partial charge is 0.243 e. The van der Waals surface area contributed by atoms with Crippen molar-refractivity contribution in [1.29, 1.82) is 0 Å². The molecule has 0 amide bonds. The van der Waals surface area contributed by atoms with Gasteiger partial charge in [-0.25, -0.2) is 0 Å². The fraction of sp³-hybridized carbons (Fsp3) is 0.833. The maximum atomic E-state index is 6.16. The van der Waals surface area contributed by atoms with Gasteiger partial charge in [-0.1, -0.05) is 19.0 Å². The number of nitrogens with zero attached hydrogens (tertiary/aromatic N) is 2. The molecule has 17 heavy (non-hydrogen) atoms. The van der Waals surface area contributed by atoms with E-state index >= 15 is 0 Å². The Morgan fingerprint density at radius 3 is 2.71 bits per heavy atom. The van der Waals surface area contributed by atoms with Gasteiger partial charge >= 0.3 is 0 Å². The predicted molar refractivity (Wildman–Crippen MR) is 63.3 cm³/mol. The van der Waals surface area contributed by atoms with Gasteiger partial charge in [-0.05, 0) is 24.7 Å². The number of ether oxygens (including phenoxy) is 1. The van der Waals surface area contributed by atoms with Crippen LogP contribution in [-0.2, 0) is 11.2 Å². The van der Waals surface area contributed by atoms with E-state index in [1.54, 1.807) is 0 Å². The average Bonchev–Trinajstić information content (AvgIpc) is 2.77. The van der Waals surface area contributed by atoms with Crippen LogP contribution in [0.1, 0.15) is 44.4 Å². The molecule has 5 heteroatoms. The van der Waals surface area contributed by atoms with Crippen molar-refractivity contribution in [3.05, 3.63) is 11.7 Å². The molecule has 1 aliphatic heterocycles. The van der Waals surface area contributed by atoms with Crippen LogP contribution in [0.15, 0.2) is 4.52 Å². The highest BCUT2D eigenvalue weighted by molar-refractivity contribution is 4.95. The van der Waals surface area contributed by atoms with Crippen molar-refractivity contribution >= 4 is 0 Å². The molecule has 1 aliphatic rings. The minimum Gasteiger partial charge on any atom is -0.381 e. The highest BCUT2D eigenvalue weighted by Crippen LogP contribution is 2.27. The quantitative estimate of drug-likeness (QED) is 0.865. The third-order valence-electron chi connectivity index (χ3n) is 3.13. The van der Waals surface area contributed by atoms with E-state index in [-0.39, 0.29) is 6.04 Å². The van der Waals surface area contributed by atoms with Crippen molar-refractivity contribution < 1.29 is 9.26 Å². The zero-order chi connectivity index (χ0) is 12.3. The molecule has 0 saturated carbocycles. The van der Waals surface area contributed by atoms with Crippen LogP contribution in [0.5, 0.6) is 0 Å². The van der Waals surface area contributed by atoms with E-state index in [4.69, 9.17) is 15.0 Å². The minimum atomic E-state index is -0.146. The van der Waals surface area contributed by atoms with E-state index in [0.717, 1.165) is 38.3 Å². The molecule has 0 aliphatic carbocycles. The topological polar surface area (TPSA) is 74.2 Å². The normalized spacial score (nSPS) is 19.8. The van der Waals surface area contributed by atoms with Gasteiger partial charge in [0.15, 0.2) is 5.82 Å². The lowest BCUT2D eigenvalue weighted by molar-refractivity contribution is 0.0546. The van der Waals surface area contributed by atoms with Gasteiger partial charge in [-0.15, -0.1) is 0 Å². The Bertz CT molecular complexity index is 345. The monoisotopic (exact) mass is 239 g/mol. The van der Waals surface area contributed by atoms with E-state index in [1.807, 2.05) is 0 Å². The van der Waals surface area contributed by atoms with E-state index in [0.29, 0.717) is 17.7 Å². The maximum absolute atomic E-state index is 6.16. The lowest BCUT2D eigenvalue weighted by Gasteiger charge is -2.25. The Hall–Kier alpha value is -0.940. The Kier molecular flexibility index (Phi) is 4.12. The first kappa shape index (κ1) is 12.5. The molecule has 0 radical (unpaired) electrons. The predicted octanol–water partition coefficient (Wildman–Crippen LogP) is 1.69. The largest absolute Gasteiger partial charge is 0.381 e. The van der Waals surface area contributed by atoms with Crippen LogP contribution in [0.3, 0.4) is 0 Å². The minimum absolute atomic E-state index is 0.146. The molecule has 0 bridgehead atoms. The van der Waals surface area contributed by atoms with Gasteiger partial charge in [-0.2, -0.15) is 4.98 Å². The van der Waals surface area contributed by atoms with Gasteiger partial charge in [0.1, 0.15) is 0 Å². The first-order valence-corrected chi connectivity index (χ1v) is 6.32. The molecule has 1 unspecified atom stereocenters. The summed E-state index contributed by atoms with van der Waals surface area (Å²) in [6.45, 7) is 5.83. The third kappa shape index (κ3) is 3.26. The van der Waals surface area contributed by atoms with Gasteiger partial charge < -0.3 is 15.0 Å². The first-order valence-electron chi connectivity index (χ1n) is 6.32. The molecule has 2 heterocycles. The molecular weight excluding hydrogens is 218 g/mol. The molecule has 1 aromatic heterocycles. The highest BCUT2D eigenvalue weighted by atomic mass is 16.5. The van der Waals surface area contributed by atoms with Crippen molar-refractivity contribution in [2.75, 3.05) is 13.2 Å². The summed E-state index contributed by atoms with van der Waals surface area (Å²) < 4.78 is 10.6. The number of hydrogen-bond donors (Lipinski definition) is 1. The van der Waals surface area contributed by atoms with Gasteiger partial charge in [0.05, 0.1) is 6.04 Å². The molecular formula is C12H21N3O2. The summed E-state index contributed by atoms with van der Waals surface area (Å²) >= 11 is 0. The van der Waals surface area contributed by atoms with Gasteiger partial charge in [0.2, 0.25) is 5.89 Å². The molecule has 2 rings (SSSR count). The lowest BCUT2D eigenvalue weighted by Crippen LogP contribution is -2.27. The Morgan fingerprint density at radius 1 is 1.35 bits per heavy atom. The average molecular weight is 239 g/mol. The molecule has 0 aromatic carbocycles. The van der Waals surface area contributed by atoms with Crippen LogP contribution < -0.4 is 5.73 Å². The SMILES string of the molecule is CC(C)Cc1noc(C(N)C2CCOCC2)n1. The summed E-state index contributed by atoms with van der Waals surface area (Å²) in [6, 6.07) is -0.146. The second-order valence-electron chi connectivity index (χ2n) is 5.12. The Morgan fingerprint density at radius 2 is 2.06 bits per heavy atom. The Labute approximate surface area is 102 Å². The molecule has 1 saturated heterocycles. The van der Waals surface area contributed by atoms with Crippen molar-refractivity contribution in [2.45, 2.75) is 39.2 Å². The van der Waals surface area contributed by atoms with Crippen LogP contribution in [0.2, 0.25) is 0 Å². The van der Waals surface area contributed by atoms with Crippen LogP contribution in [0.4, 0.5) is 0 Å². The van der Waals surface area contributed by atoms with E-state index in [9.17, 15) is 0 Å².